The van der Waals surface area contributed by atoms with E-state index in [-0.39, 0.29) is 10.9 Å². The number of benzene rings is 1. The maximum Gasteiger partial charge on any atom is 0.324 e. The Morgan fingerprint density at radius 3 is 2.76 bits per heavy atom. The molecule has 0 saturated heterocycles. The van der Waals surface area contributed by atoms with E-state index in [9.17, 15) is 14.9 Å². The summed E-state index contributed by atoms with van der Waals surface area (Å²) >= 11 is 5.42. The van der Waals surface area contributed by atoms with Crippen LogP contribution in [0.15, 0.2) is 45.9 Å². The van der Waals surface area contributed by atoms with Crippen LogP contribution in [0.4, 0.5) is 15.3 Å². The Balaban J connectivity index is 1.68. The lowest BCUT2D eigenvalue weighted by Crippen LogP contribution is -2.12. The van der Waals surface area contributed by atoms with Crippen molar-refractivity contribution in [2.24, 2.45) is 4.99 Å². The number of thiophene rings is 1. The molecule has 2 heterocycles. The van der Waals surface area contributed by atoms with Crippen LogP contribution in [0.25, 0.3) is 0 Å². The lowest BCUT2D eigenvalue weighted by molar-refractivity contribution is -0.380. The predicted octanol–water partition coefficient (Wildman–Crippen LogP) is 4.27. The zero-order chi connectivity index (χ0) is 17.8. The average Bonchev–Trinajstić information content (AvgIpc) is 3.22. The molecule has 0 saturated carbocycles. The Morgan fingerprint density at radius 2 is 2.04 bits per heavy atom. The second kappa shape index (κ2) is 7.59. The molecule has 0 aliphatic heterocycles. The minimum absolute atomic E-state index is 0.0418. The van der Waals surface area contributed by atoms with Gasteiger partial charge in [0.1, 0.15) is 0 Å². The van der Waals surface area contributed by atoms with E-state index in [1.807, 2.05) is 6.07 Å². The smallest absolute Gasteiger partial charge is 0.296 e. The molecule has 0 unspecified atom stereocenters. The number of halogens is 1. The summed E-state index contributed by atoms with van der Waals surface area (Å²) in [6.45, 7) is 0. The van der Waals surface area contributed by atoms with Crippen molar-refractivity contribution in [3.8, 4) is 0 Å². The fourth-order valence-electron chi connectivity index (χ4n) is 1.76. The van der Waals surface area contributed by atoms with Gasteiger partial charge in [-0.15, -0.1) is 10.2 Å². The van der Waals surface area contributed by atoms with Gasteiger partial charge in [-0.1, -0.05) is 34.8 Å². The summed E-state index contributed by atoms with van der Waals surface area (Å²) in [5.41, 5.74) is 0.480. The van der Waals surface area contributed by atoms with Gasteiger partial charge >= 0.3 is 5.00 Å². The zero-order valence-electron chi connectivity index (χ0n) is 12.2. The molecule has 0 aliphatic carbocycles. The molecular weight excluding hydrogens is 430 g/mol. The van der Waals surface area contributed by atoms with Gasteiger partial charge in [-0.3, -0.25) is 20.2 Å². The molecule has 3 rings (SSSR count). The first-order valence-electron chi connectivity index (χ1n) is 6.70. The van der Waals surface area contributed by atoms with E-state index in [1.54, 1.807) is 24.3 Å². The SMILES string of the molecule is O=C(Nc1nnc(/N=C/c2ccc([N+](=O)[O-])s2)s1)c1ccccc1Br. The van der Waals surface area contributed by atoms with Crippen LogP contribution in [0.5, 0.6) is 0 Å². The van der Waals surface area contributed by atoms with Crippen LogP contribution < -0.4 is 5.32 Å². The van der Waals surface area contributed by atoms with Gasteiger partial charge in [0.05, 0.1) is 15.4 Å². The average molecular weight is 438 g/mol. The van der Waals surface area contributed by atoms with Crippen LogP contribution in [-0.2, 0) is 0 Å². The number of aliphatic imine (C=N–C) groups is 1. The highest BCUT2D eigenvalue weighted by molar-refractivity contribution is 9.10. The minimum atomic E-state index is -0.456. The number of aromatic nitrogens is 2. The Kier molecular flexibility index (Phi) is 5.26. The van der Waals surface area contributed by atoms with Gasteiger partial charge < -0.3 is 0 Å². The molecule has 1 aromatic carbocycles. The van der Waals surface area contributed by atoms with Crippen LogP contribution >= 0.6 is 38.6 Å². The third-order valence-electron chi connectivity index (χ3n) is 2.85. The van der Waals surface area contributed by atoms with Crippen molar-refractivity contribution in [2.45, 2.75) is 0 Å². The van der Waals surface area contributed by atoms with Crippen molar-refractivity contribution in [2.75, 3.05) is 5.32 Å². The number of nitro groups is 1. The molecule has 3 aromatic rings. The van der Waals surface area contributed by atoms with Crippen LogP contribution in [-0.4, -0.2) is 27.2 Å². The fraction of sp³-hybridized carbons (Fsp3) is 0. The number of carbonyl (C=O) groups excluding carboxylic acids is 1. The van der Waals surface area contributed by atoms with Gasteiger partial charge in [0.25, 0.3) is 5.91 Å². The van der Waals surface area contributed by atoms with E-state index in [0.717, 1.165) is 22.7 Å². The Morgan fingerprint density at radius 1 is 1.24 bits per heavy atom. The summed E-state index contributed by atoms with van der Waals surface area (Å²) in [4.78, 5) is 27.1. The van der Waals surface area contributed by atoms with Crippen molar-refractivity contribution in [1.82, 2.24) is 10.2 Å². The molecule has 0 bridgehead atoms. The van der Waals surface area contributed by atoms with Gasteiger partial charge in [0.2, 0.25) is 10.3 Å². The van der Waals surface area contributed by atoms with E-state index in [0.29, 0.717) is 25.2 Å². The van der Waals surface area contributed by atoms with Crippen molar-refractivity contribution in [3.63, 3.8) is 0 Å². The maximum atomic E-state index is 12.2. The molecule has 0 spiro atoms. The van der Waals surface area contributed by atoms with E-state index in [1.165, 1.54) is 12.3 Å². The summed E-state index contributed by atoms with van der Waals surface area (Å²) in [5.74, 6) is -0.312. The zero-order valence-corrected chi connectivity index (χ0v) is 15.5. The molecule has 0 atom stereocenters. The van der Waals surface area contributed by atoms with Crippen LogP contribution in [0.2, 0.25) is 0 Å². The summed E-state index contributed by atoms with van der Waals surface area (Å²) in [6.07, 6.45) is 1.47. The summed E-state index contributed by atoms with van der Waals surface area (Å²) in [5, 5.41) is 21.7. The topological polar surface area (TPSA) is 110 Å². The quantitative estimate of drug-likeness (QED) is 0.363. The minimum Gasteiger partial charge on any atom is -0.296 e. The second-order valence-corrected chi connectivity index (χ2v) is 7.42. The van der Waals surface area contributed by atoms with E-state index in [4.69, 9.17) is 0 Å². The normalized spacial score (nSPS) is 10.9. The summed E-state index contributed by atoms with van der Waals surface area (Å²) in [7, 11) is 0. The third-order valence-corrected chi connectivity index (χ3v) is 5.26. The highest BCUT2D eigenvalue weighted by Gasteiger charge is 2.12. The van der Waals surface area contributed by atoms with Gasteiger partial charge in [-0.25, -0.2) is 4.99 Å². The van der Waals surface area contributed by atoms with Crippen LogP contribution in [0, 0.1) is 10.1 Å². The molecule has 11 heteroatoms. The highest BCUT2D eigenvalue weighted by Crippen LogP contribution is 2.26. The Bertz CT molecular complexity index is 969. The largest absolute Gasteiger partial charge is 0.324 e. The standard InChI is InChI=1S/C14H8BrN5O3S2/c15-10-4-2-1-3-9(10)12(21)17-14-19-18-13(25-14)16-7-8-5-6-11(24-8)20(22)23/h1-7H,(H,17,19,21)/b16-7+. The van der Waals surface area contributed by atoms with Gasteiger partial charge in [-0.2, -0.15) is 0 Å². The van der Waals surface area contributed by atoms with Crippen LogP contribution in [0.3, 0.4) is 0 Å². The number of nitrogens with one attached hydrogen (secondary N) is 1. The number of carbonyl (C=O) groups is 1. The number of hydrogen-bond acceptors (Lipinski definition) is 8. The Labute approximate surface area is 157 Å². The highest BCUT2D eigenvalue weighted by atomic mass is 79.9. The molecule has 126 valence electrons. The molecule has 0 aliphatic rings. The van der Waals surface area contributed by atoms with E-state index < -0.39 is 4.92 Å². The molecule has 0 radical (unpaired) electrons. The van der Waals surface area contributed by atoms with E-state index in [2.05, 4.69) is 36.4 Å². The molecule has 0 fully saturated rings. The van der Waals surface area contributed by atoms with Crippen molar-refractivity contribution >= 4 is 66.0 Å². The number of nitrogens with zero attached hydrogens (tertiary/aromatic N) is 4. The first kappa shape index (κ1) is 17.3. The molecule has 25 heavy (non-hydrogen) atoms. The number of anilines is 1. The number of amides is 1. The fourth-order valence-corrected chi connectivity index (χ4v) is 3.50. The third kappa shape index (κ3) is 4.32. The monoisotopic (exact) mass is 437 g/mol. The molecule has 1 amide bonds. The van der Waals surface area contributed by atoms with Crippen molar-refractivity contribution < 1.29 is 9.72 Å². The second-order valence-electron chi connectivity index (χ2n) is 4.52. The predicted molar refractivity (Wildman–Crippen MR) is 100 cm³/mol. The van der Waals surface area contributed by atoms with Gasteiger partial charge in [0, 0.05) is 16.8 Å². The first-order valence-corrected chi connectivity index (χ1v) is 9.13. The number of rotatable bonds is 5. The molecular formula is C14H8BrN5O3S2. The van der Waals surface area contributed by atoms with Crippen molar-refractivity contribution in [3.05, 3.63) is 61.4 Å². The molecule has 1 N–H and O–H groups in total. The van der Waals surface area contributed by atoms with Crippen LogP contribution in [0.1, 0.15) is 15.2 Å². The van der Waals surface area contributed by atoms with E-state index >= 15 is 0 Å². The lowest BCUT2D eigenvalue weighted by atomic mass is 10.2. The molecule has 8 nitrogen and oxygen atoms in total. The number of hydrogen-bond donors (Lipinski definition) is 1. The summed E-state index contributed by atoms with van der Waals surface area (Å²) in [6, 6.07) is 10.0. The summed E-state index contributed by atoms with van der Waals surface area (Å²) < 4.78 is 0.676. The maximum absolute atomic E-state index is 12.2. The van der Waals surface area contributed by atoms with Crippen molar-refractivity contribution in [1.29, 1.82) is 0 Å². The lowest BCUT2D eigenvalue weighted by Gasteiger charge is -2.02. The molecule has 2 aromatic heterocycles. The van der Waals surface area contributed by atoms with Gasteiger partial charge in [-0.05, 0) is 34.1 Å². The first-order chi connectivity index (χ1) is 12.0. The Hall–Kier alpha value is -2.50. The van der Waals surface area contributed by atoms with Gasteiger partial charge in [0.15, 0.2) is 0 Å².